The second kappa shape index (κ2) is 4.05. The fourth-order valence-corrected chi connectivity index (χ4v) is 2.24. The normalized spacial score (nSPS) is 11.5. The first-order chi connectivity index (χ1) is 7.27. The summed E-state index contributed by atoms with van der Waals surface area (Å²) >= 11 is 0. The van der Waals surface area contributed by atoms with Gasteiger partial charge in [-0.3, -0.25) is 0 Å². The number of aromatic nitrogens is 2. The van der Waals surface area contributed by atoms with Gasteiger partial charge in [-0.25, -0.2) is 4.98 Å². The van der Waals surface area contributed by atoms with Crippen molar-refractivity contribution < 1.29 is 0 Å². The lowest BCUT2D eigenvalue weighted by Crippen LogP contribution is -1.99. The Morgan fingerprint density at radius 3 is 2.73 bits per heavy atom. The minimum atomic E-state index is 0.637. The smallest absolute Gasteiger partial charge is 0.177 e. The van der Waals surface area contributed by atoms with Gasteiger partial charge in [0.1, 0.15) is 0 Å². The van der Waals surface area contributed by atoms with Gasteiger partial charge in [-0.15, -0.1) is 0 Å². The molecule has 0 saturated carbocycles. The van der Waals surface area contributed by atoms with Crippen LogP contribution in [0.2, 0.25) is 0 Å². The van der Waals surface area contributed by atoms with E-state index in [0.717, 1.165) is 5.52 Å². The number of nitrogens with zero attached hydrogens (tertiary/aromatic N) is 2. The van der Waals surface area contributed by atoms with E-state index in [0.29, 0.717) is 5.92 Å². The summed E-state index contributed by atoms with van der Waals surface area (Å²) in [4.78, 5) is 4.27. The highest BCUT2D eigenvalue weighted by atomic mass is 15.0. The Labute approximate surface area is 90.9 Å². The summed E-state index contributed by atoms with van der Waals surface area (Å²) in [5, 5.41) is 0. The van der Waals surface area contributed by atoms with Crippen LogP contribution in [0.3, 0.4) is 0 Å². The highest BCUT2D eigenvalue weighted by molar-refractivity contribution is 5.79. The molecule has 0 spiro atoms. The summed E-state index contributed by atoms with van der Waals surface area (Å²) in [5.74, 6) is 0.637. The molecule has 2 heteroatoms. The minimum absolute atomic E-state index is 0.637. The van der Waals surface area contributed by atoms with Crippen LogP contribution in [-0.2, 0) is 7.05 Å². The van der Waals surface area contributed by atoms with Crippen molar-refractivity contribution in [1.82, 2.24) is 9.55 Å². The largest absolute Gasteiger partial charge is 0.324 e. The number of aryl methyl sites for hydroxylation is 1. The van der Waals surface area contributed by atoms with Crippen molar-refractivity contribution in [2.24, 2.45) is 7.05 Å². The van der Waals surface area contributed by atoms with Crippen molar-refractivity contribution in [3.05, 3.63) is 30.1 Å². The van der Waals surface area contributed by atoms with Gasteiger partial charge in [0.15, 0.2) is 6.33 Å². The first-order valence-electron chi connectivity index (χ1n) is 5.61. The van der Waals surface area contributed by atoms with Crippen LogP contribution >= 0.6 is 0 Å². The van der Waals surface area contributed by atoms with Gasteiger partial charge in [-0.2, -0.15) is 0 Å². The van der Waals surface area contributed by atoms with Crippen LogP contribution in [0.4, 0.5) is 0 Å². The van der Waals surface area contributed by atoms with Crippen molar-refractivity contribution in [2.45, 2.75) is 32.6 Å². The predicted molar refractivity (Wildman–Crippen MR) is 62.9 cm³/mol. The number of rotatable bonds is 3. The molecular weight excluding hydrogens is 184 g/mol. The van der Waals surface area contributed by atoms with E-state index in [1.54, 1.807) is 0 Å². The zero-order valence-electron chi connectivity index (χ0n) is 9.62. The molecular formula is C13H17N2. The van der Waals surface area contributed by atoms with Gasteiger partial charge in [-0.05, 0) is 30.4 Å². The molecule has 0 bridgehead atoms. The van der Waals surface area contributed by atoms with Crippen LogP contribution in [0.1, 0.15) is 38.2 Å². The number of para-hydroxylation sites is 1. The maximum Gasteiger partial charge on any atom is 0.177 e. The van der Waals surface area contributed by atoms with Crippen LogP contribution < -0.4 is 0 Å². The number of benzene rings is 1. The predicted octanol–water partition coefficient (Wildman–Crippen LogP) is 3.28. The molecule has 0 N–H and O–H groups in total. The van der Waals surface area contributed by atoms with Crippen molar-refractivity contribution in [3.63, 3.8) is 0 Å². The molecule has 0 aliphatic rings. The third-order valence-electron chi connectivity index (χ3n) is 3.13. The molecule has 79 valence electrons. The van der Waals surface area contributed by atoms with Crippen molar-refractivity contribution in [3.8, 4) is 0 Å². The second-order valence-corrected chi connectivity index (χ2v) is 4.00. The molecule has 0 fully saturated rings. The van der Waals surface area contributed by atoms with Gasteiger partial charge in [0.25, 0.3) is 0 Å². The van der Waals surface area contributed by atoms with Crippen molar-refractivity contribution in [1.29, 1.82) is 0 Å². The SMILES string of the molecule is CCC(CC)c1cccc2n[c]n(C)c12. The second-order valence-electron chi connectivity index (χ2n) is 4.00. The number of fused-ring (bicyclic) bond motifs is 1. The summed E-state index contributed by atoms with van der Waals surface area (Å²) in [6.45, 7) is 4.49. The fraction of sp³-hybridized carbons (Fsp3) is 0.462. The maximum absolute atomic E-state index is 4.27. The van der Waals surface area contributed by atoms with Gasteiger partial charge >= 0.3 is 0 Å². The Morgan fingerprint density at radius 1 is 1.33 bits per heavy atom. The molecule has 1 aromatic carbocycles. The molecule has 0 atom stereocenters. The monoisotopic (exact) mass is 201 g/mol. The average Bonchev–Trinajstić information content (AvgIpc) is 2.63. The first kappa shape index (κ1) is 10.2. The van der Waals surface area contributed by atoms with E-state index in [1.807, 2.05) is 11.6 Å². The zero-order valence-corrected chi connectivity index (χ0v) is 9.62. The van der Waals surface area contributed by atoms with E-state index in [1.165, 1.54) is 23.9 Å². The van der Waals surface area contributed by atoms with E-state index < -0.39 is 0 Å². The summed E-state index contributed by atoms with van der Waals surface area (Å²) in [5.41, 5.74) is 3.71. The highest BCUT2D eigenvalue weighted by Crippen LogP contribution is 2.28. The topological polar surface area (TPSA) is 17.8 Å². The van der Waals surface area contributed by atoms with Crippen molar-refractivity contribution >= 4 is 11.0 Å². The lowest BCUT2D eigenvalue weighted by atomic mass is 9.93. The molecule has 0 saturated heterocycles. The molecule has 1 heterocycles. The fourth-order valence-electron chi connectivity index (χ4n) is 2.24. The highest BCUT2D eigenvalue weighted by Gasteiger charge is 2.13. The molecule has 0 unspecified atom stereocenters. The Bertz CT molecular complexity index is 453. The van der Waals surface area contributed by atoms with E-state index >= 15 is 0 Å². The number of hydrogen-bond acceptors (Lipinski definition) is 1. The third kappa shape index (κ3) is 1.65. The average molecular weight is 201 g/mol. The summed E-state index contributed by atoms with van der Waals surface area (Å²) < 4.78 is 2.00. The molecule has 0 amide bonds. The molecule has 1 radical (unpaired) electrons. The Kier molecular flexibility index (Phi) is 2.76. The molecule has 1 aromatic heterocycles. The van der Waals surface area contributed by atoms with Gasteiger partial charge in [-0.1, -0.05) is 26.0 Å². The lowest BCUT2D eigenvalue weighted by Gasteiger charge is -2.14. The molecule has 2 aromatic rings. The molecule has 2 nitrogen and oxygen atoms in total. The summed E-state index contributed by atoms with van der Waals surface area (Å²) in [6.07, 6.45) is 5.35. The number of hydrogen-bond donors (Lipinski definition) is 0. The maximum atomic E-state index is 4.27. The zero-order chi connectivity index (χ0) is 10.8. The van der Waals surface area contributed by atoms with Crippen LogP contribution in [0.25, 0.3) is 11.0 Å². The lowest BCUT2D eigenvalue weighted by molar-refractivity contribution is 0.643. The van der Waals surface area contributed by atoms with E-state index in [4.69, 9.17) is 0 Å². The van der Waals surface area contributed by atoms with Gasteiger partial charge < -0.3 is 4.57 Å². The van der Waals surface area contributed by atoms with E-state index in [2.05, 4.69) is 43.4 Å². The van der Waals surface area contributed by atoms with Crippen LogP contribution in [-0.4, -0.2) is 9.55 Å². The van der Waals surface area contributed by atoms with Gasteiger partial charge in [0.2, 0.25) is 0 Å². The first-order valence-corrected chi connectivity index (χ1v) is 5.61. The van der Waals surface area contributed by atoms with Gasteiger partial charge in [0.05, 0.1) is 11.0 Å². The minimum Gasteiger partial charge on any atom is -0.324 e. The van der Waals surface area contributed by atoms with Gasteiger partial charge in [0, 0.05) is 7.05 Å². The van der Waals surface area contributed by atoms with E-state index in [9.17, 15) is 0 Å². The van der Waals surface area contributed by atoms with E-state index in [-0.39, 0.29) is 0 Å². The van der Waals surface area contributed by atoms with Crippen LogP contribution in [0.5, 0.6) is 0 Å². The summed E-state index contributed by atoms with van der Waals surface area (Å²) in [7, 11) is 2.02. The molecule has 0 aliphatic heterocycles. The number of imidazole rings is 1. The molecule has 15 heavy (non-hydrogen) atoms. The Hall–Kier alpha value is -1.31. The molecule has 0 aliphatic carbocycles. The Morgan fingerprint density at radius 2 is 2.07 bits per heavy atom. The van der Waals surface area contributed by atoms with Crippen LogP contribution in [0.15, 0.2) is 18.2 Å². The quantitative estimate of drug-likeness (QED) is 0.745. The third-order valence-corrected chi connectivity index (χ3v) is 3.13. The molecule has 2 rings (SSSR count). The van der Waals surface area contributed by atoms with Crippen LogP contribution in [0, 0.1) is 6.33 Å². The summed E-state index contributed by atoms with van der Waals surface area (Å²) in [6, 6.07) is 6.37. The standard InChI is InChI=1S/C13H17N2/c1-4-10(5-2)11-7-6-8-12-13(11)15(3)9-14-12/h6-8,10H,4-5H2,1-3H3. The van der Waals surface area contributed by atoms with Crippen molar-refractivity contribution in [2.75, 3.05) is 0 Å². The Balaban J connectivity index is 2.63.